The number of aryl methyl sites for hydroxylation is 1. The van der Waals surface area contributed by atoms with Crippen molar-refractivity contribution in [3.8, 4) is 5.75 Å². The third kappa shape index (κ3) is 5.06. The Labute approximate surface area is 219 Å². The van der Waals surface area contributed by atoms with Crippen LogP contribution in [0.25, 0.3) is 4.85 Å². The molecule has 1 spiro atoms. The summed E-state index contributed by atoms with van der Waals surface area (Å²) in [4.78, 5) is 44.9. The molecule has 2 heterocycles. The number of nitrogens with one attached hydrogen (secondary N) is 2. The number of amides is 2. The van der Waals surface area contributed by atoms with Gasteiger partial charge in [0.15, 0.2) is 5.69 Å². The third-order valence-electron chi connectivity index (χ3n) is 7.20. The van der Waals surface area contributed by atoms with E-state index >= 15 is 0 Å². The second-order valence-electron chi connectivity index (χ2n) is 9.58. The van der Waals surface area contributed by atoms with Gasteiger partial charge in [-0.1, -0.05) is 18.2 Å². The Balaban J connectivity index is 1.35. The van der Waals surface area contributed by atoms with Gasteiger partial charge in [0, 0.05) is 40.8 Å². The summed E-state index contributed by atoms with van der Waals surface area (Å²) in [6.45, 7) is 7.81. The highest BCUT2D eigenvalue weighted by molar-refractivity contribution is 6.04. The summed E-state index contributed by atoms with van der Waals surface area (Å²) >= 11 is 0. The number of carboxylic acid groups (broad SMARTS) is 1. The number of hydrogen-bond acceptors (Lipinski definition) is 5. The number of hydrogen-bond donors (Lipinski definition) is 3. The van der Waals surface area contributed by atoms with Crippen molar-refractivity contribution in [1.82, 2.24) is 4.98 Å². The Morgan fingerprint density at radius 1 is 1.13 bits per heavy atom. The van der Waals surface area contributed by atoms with Gasteiger partial charge in [-0.3, -0.25) is 14.4 Å². The summed E-state index contributed by atoms with van der Waals surface area (Å²) in [5.74, 6) is -0.531. The lowest BCUT2D eigenvalue weighted by Gasteiger charge is -2.27. The average Bonchev–Trinajstić information content (AvgIpc) is 3.64. The summed E-state index contributed by atoms with van der Waals surface area (Å²) in [7, 11) is 0. The predicted molar refractivity (Wildman–Crippen MR) is 140 cm³/mol. The van der Waals surface area contributed by atoms with Crippen molar-refractivity contribution in [1.29, 1.82) is 0 Å². The number of carbonyl (C=O) groups excluding carboxylic acids is 2. The summed E-state index contributed by atoms with van der Waals surface area (Å²) in [5.41, 5.74) is 2.59. The van der Waals surface area contributed by atoms with Gasteiger partial charge in [0.2, 0.25) is 5.91 Å². The van der Waals surface area contributed by atoms with Crippen LogP contribution in [0.1, 0.15) is 47.2 Å². The molecule has 5 rings (SSSR count). The maximum absolute atomic E-state index is 13.4. The monoisotopic (exact) mass is 510 g/mol. The molecule has 1 saturated carbocycles. The summed E-state index contributed by atoms with van der Waals surface area (Å²) in [5, 5.41) is 14.8. The molecule has 0 radical (unpaired) electrons. The van der Waals surface area contributed by atoms with Crippen LogP contribution < -0.4 is 15.4 Å². The van der Waals surface area contributed by atoms with Crippen LogP contribution in [0.5, 0.6) is 5.75 Å². The van der Waals surface area contributed by atoms with Crippen LogP contribution in [0, 0.1) is 12.5 Å². The number of aliphatic carboxylic acids is 1. The Morgan fingerprint density at radius 3 is 2.76 bits per heavy atom. The van der Waals surface area contributed by atoms with Crippen molar-refractivity contribution in [3.63, 3.8) is 0 Å². The fourth-order valence-corrected chi connectivity index (χ4v) is 5.13. The fraction of sp³-hybridized carbons (Fsp3) is 0.276. The Morgan fingerprint density at radius 2 is 2.00 bits per heavy atom. The SMILES string of the molecule is [C-]#[N+]c1ccc(CCCC(=O)O)c(NC(=O)[C@@H]2C[C@]23CCOc2ccc(C(=O)Nc4ccccn4)cc23)c1. The molecule has 1 aliphatic heterocycles. The first-order chi connectivity index (χ1) is 18.4. The molecule has 38 heavy (non-hydrogen) atoms. The zero-order chi connectivity index (χ0) is 26.7. The molecule has 0 saturated heterocycles. The van der Waals surface area contributed by atoms with Gasteiger partial charge in [0.05, 0.1) is 13.2 Å². The molecule has 2 aromatic carbocycles. The zero-order valence-electron chi connectivity index (χ0n) is 20.6. The Bertz CT molecular complexity index is 1450. The molecule has 2 atom stereocenters. The maximum Gasteiger partial charge on any atom is 0.303 e. The van der Waals surface area contributed by atoms with E-state index in [1.807, 2.05) is 0 Å². The molecule has 192 valence electrons. The van der Waals surface area contributed by atoms with Gasteiger partial charge in [-0.2, -0.15) is 0 Å². The van der Waals surface area contributed by atoms with Crippen LogP contribution in [0.2, 0.25) is 0 Å². The minimum absolute atomic E-state index is 0.0245. The molecule has 3 N–H and O–H groups in total. The molecular formula is C29H26N4O5. The molecule has 0 unspecified atom stereocenters. The number of fused-ring (bicyclic) bond motifs is 2. The van der Waals surface area contributed by atoms with Gasteiger partial charge in [-0.25, -0.2) is 9.83 Å². The summed E-state index contributed by atoms with van der Waals surface area (Å²) < 4.78 is 5.85. The number of pyridine rings is 1. The molecular weight excluding hydrogens is 484 g/mol. The van der Waals surface area contributed by atoms with Gasteiger partial charge in [-0.05, 0) is 67.6 Å². The second-order valence-corrected chi connectivity index (χ2v) is 9.58. The van der Waals surface area contributed by atoms with Crippen LogP contribution in [0.15, 0.2) is 60.8 Å². The van der Waals surface area contributed by atoms with Gasteiger partial charge in [-0.15, -0.1) is 0 Å². The van der Waals surface area contributed by atoms with Crippen molar-refractivity contribution in [2.45, 2.75) is 37.5 Å². The lowest BCUT2D eigenvalue weighted by atomic mass is 9.86. The molecule has 1 aliphatic carbocycles. The first kappa shape index (κ1) is 25.0. The zero-order valence-corrected chi connectivity index (χ0v) is 20.6. The van der Waals surface area contributed by atoms with Gasteiger partial charge < -0.3 is 20.5 Å². The van der Waals surface area contributed by atoms with Crippen LogP contribution >= 0.6 is 0 Å². The van der Waals surface area contributed by atoms with Crippen LogP contribution in [0.3, 0.4) is 0 Å². The smallest absolute Gasteiger partial charge is 0.303 e. The molecule has 9 heteroatoms. The number of carbonyl (C=O) groups is 3. The highest BCUT2D eigenvalue weighted by atomic mass is 16.5. The van der Waals surface area contributed by atoms with E-state index in [4.69, 9.17) is 16.4 Å². The topological polar surface area (TPSA) is 122 Å². The minimum Gasteiger partial charge on any atom is -0.493 e. The average molecular weight is 511 g/mol. The number of benzene rings is 2. The molecule has 3 aromatic rings. The number of aromatic nitrogens is 1. The molecule has 1 aromatic heterocycles. The summed E-state index contributed by atoms with van der Waals surface area (Å²) in [6, 6.07) is 15.6. The quantitative estimate of drug-likeness (QED) is 0.368. The first-order valence-electron chi connectivity index (χ1n) is 12.4. The van der Waals surface area contributed by atoms with E-state index < -0.39 is 11.4 Å². The number of anilines is 2. The van der Waals surface area contributed by atoms with Crippen molar-refractivity contribution < 1.29 is 24.2 Å². The van der Waals surface area contributed by atoms with Crippen molar-refractivity contribution >= 4 is 35.0 Å². The van der Waals surface area contributed by atoms with Crippen LogP contribution in [-0.2, 0) is 21.4 Å². The molecule has 0 bridgehead atoms. The summed E-state index contributed by atoms with van der Waals surface area (Å²) in [6.07, 6.45) is 3.80. The predicted octanol–water partition coefficient (Wildman–Crippen LogP) is 4.97. The van der Waals surface area contributed by atoms with E-state index in [0.717, 1.165) is 11.1 Å². The molecule has 9 nitrogen and oxygen atoms in total. The van der Waals surface area contributed by atoms with E-state index in [-0.39, 0.29) is 24.2 Å². The molecule has 2 aliphatic rings. The first-order valence-corrected chi connectivity index (χ1v) is 12.4. The standard InChI is InChI=1S/C29H26N4O5/c1-30-20-10-8-18(5-4-7-26(34)35)23(16-20)32-28(37)22-17-29(22)12-14-38-24-11-9-19(15-21(24)29)27(36)33-25-6-2-3-13-31-25/h2-3,6,8-11,13,15-16,22H,4-5,7,12,14,17H2,(H,32,37)(H,34,35)(H,31,33,36)/t22-,29-/m0/s1. The second kappa shape index (κ2) is 10.3. The van der Waals surface area contributed by atoms with Crippen LogP contribution in [-0.4, -0.2) is 34.5 Å². The van der Waals surface area contributed by atoms with Crippen LogP contribution in [0.4, 0.5) is 17.2 Å². The van der Waals surface area contributed by atoms with Crippen molar-refractivity contribution in [2.75, 3.05) is 17.2 Å². The third-order valence-corrected chi connectivity index (χ3v) is 7.20. The normalized spacial score (nSPS) is 19.0. The molecule has 1 fully saturated rings. The minimum atomic E-state index is -0.875. The number of nitrogens with zero attached hydrogens (tertiary/aromatic N) is 2. The number of ether oxygens (including phenoxy) is 1. The number of rotatable bonds is 8. The lowest BCUT2D eigenvalue weighted by molar-refractivity contribution is -0.137. The highest BCUT2D eigenvalue weighted by Crippen LogP contribution is 2.61. The largest absolute Gasteiger partial charge is 0.493 e. The number of carboxylic acids is 1. The highest BCUT2D eigenvalue weighted by Gasteiger charge is 2.61. The Kier molecular flexibility index (Phi) is 6.79. The van der Waals surface area contributed by atoms with E-state index in [0.29, 0.717) is 60.8 Å². The Hall–Kier alpha value is -4.71. The van der Waals surface area contributed by atoms with Gasteiger partial charge in [0.25, 0.3) is 5.91 Å². The van der Waals surface area contributed by atoms with Crippen molar-refractivity contribution in [2.24, 2.45) is 5.92 Å². The van der Waals surface area contributed by atoms with Gasteiger partial charge in [0.1, 0.15) is 11.6 Å². The van der Waals surface area contributed by atoms with E-state index in [9.17, 15) is 14.4 Å². The van der Waals surface area contributed by atoms with E-state index in [1.165, 1.54) is 0 Å². The van der Waals surface area contributed by atoms with E-state index in [2.05, 4.69) is 20.5 Å². The van der Waals surface area contributed by atoms with Gasteiger partial charge >= 0.3 is 5.97 Å². The maximum atomic E-state index is 13.4. The lowest BCUT2D eigenvalue weighted by Crippen LogP contribution is -2.27. The van der Waals surface area contributed by atoms with Crippen molar-refractivity contribution in [3.05, 3.63) is 88.9 Å². The van der Waals surface area contributed by atoms with E-state index in [1.54, 1.807) is 60.8 Å². The fourth-order valence-electron chi connectivity index (χ4n) is 5.13. The molecule has 2 amide bonds.